The first kappa shape index (κ1) is 15.4. The molecule has 0 spiro atoms. The smallest absolute Gasteiger partial charge is 0.332 e. The van der Waals surface area contributed by atoms with Crippen molar-refractivity contribution in [3.05, 3.63) is 28.7 Å². The predicted octanol–water partition coefficient (Wildman–Crippen LogP) is 4.37. The van der Waals surface area contributed by atoms with Gasteiger partial charge in [0.05, 0.1) is 7.11 Å². The van der Waals surface area contributed by atoms with E-state index in [0.717, 1.165) is 35.8 Å². The van der Waals surface area contributed by atoms with Gasteiger partial charge < -0.3 is 10.1 Å². The summed E-state index contributed by atoms with van der Waals surface area (Å²) in [6.45, 7) is 4.29. The molecule has 0 heterocycles. The van der Waals surface area contributed by atoms with Gasteiger partial charge in [0.2, 0.25) is 0 Å². The van der Waals surface area contributed by atoms with Gasteiger partial charge in [0, 0.05) is 10.2 Å². The van der Waals surface area contributed by atoms with Gasteiger partial charge in [-0.15, -0.1) is 0 Å². The van der Waals surface area contributed by atoms with Crippen LogP contribution < -0.4 is 5.32 Å². The van der Waals surface area contributed by atoms with Gasteiger partial charge in [-0.05, 0) is 36.5 Å². The first-order valence-electron chi connectivity index (χ1n) is 7.03. The van der Waals surface area contributed by atoms with Gasteiger partial charge >= 0.3 is 5.97 Å². The first-order chi connectivity index (χ1) is 9.41. The molecular weight excluding hydrogens is 318 g/mol. The molecule has 1 aliphatic rings. The normalized spacial score (nSPS) is 25.0. The summed E-state index contributed by atoms with van der Waals surface area (Å²) in [4.78, 5) is 12.5. The van der Waals surface area contributed by atoms with Crippen LogP contribution in [0.2, 0.25) is 0 Å². The highest BCUT2D eigenvalue weighted by molar-refractivity contribution is 9.10. The van der Waals surface area contributed by atoms with Gasteiger partial charge in [0.1, 0.15) is 5.54 Å². The summed E-state index contributed by atoms with van der Waals surface area (Å²) in [5.41, 5.74) is 0.154. The van der Waals surface area contributed by atoms with Gasteiger partial charge in [-0.2, -0.15) is 0 Å². The Morgan fingerprint density at radius 2 is 2.00 bits per heavy atom. The standard InChI is InChI=1S/C16H22BrNO2/c1-15(2)9-4-5-10-16(15,14(19)20-3)18-13-8-6-7-12(17)11-13/h6-8,11,18H,4-5,9-10H2,1-3H3. The Labute approximate surface area is 129 Å². The van der Waals surface area contributed by atoms with Crippen LogP contribution in [0.4, 0.5) is 5.69 Å². The van der Waals surface area contributed by atoms with Crippen molar-refractivity contribution in [3.8, 4) is 0 Å². The number of anilines is 1. The summed E-state index contributed by atoms with van der Waals surface area (Å²) in [7, 11) is 1.47. The summed E-state index contributed by atoms with van der Waals surface area (Å²) in [5, 5.41) is 3.47. The Hall–Kier alpha value is -1.03. The van der Waals surface area contributed by atoms with E-state index in [1.165, 1.54) is 7.11 Å². The monoisotopic (exact) mass is 339 g/mol. The number of hydrogen-bond acceptors (Lipinski definition) is 3. The van der Waals surface area contributed by atoms with Crippen LogP contribution in [0.25, 0.3) is 0 Å². The molecule has 0 saturated heterocycles. The molecule has 0 aliphatic heterocycles. The molecule has 2 rings (SSSR count). The molecule has 0 radical (unpaired) electrons. The summed E-state index contributed by atoms with van der Waals surface area (Å²) in [6, 6.07) is 7.92. The van der Waals surface area contributed by atoms with Crippen LogP contribution in [-0.2, 0) is 9.53 Å². The number of ether oxygens (including phenoxy) is 1. The van der Waals surface area contributed by atoms with Crippen LogP contribution in [0.5, 0.6) is 0 Å². The van der Waals surface area contributed by atoms with Crippen molar-refractivity contribution in [3.63, 3.8) is 0 Å². The Morgan fingerprint density at radius 3 is 2.60 bits per heavy atom. The number of carbonyl (C=O) groups excluding carboxylic acids is 1. The number of hydrogen-bond donors (Lipinski definition) is 1. The third-order valence-corrected chi connectivity index (χ3v) is 4.97. The van der Waals surface area contributed by atoms with E-state index in [1.807, 2.05) is 24.3 Å². The molecule has 1 fully saturated rings. The third kappa shape index (κ3) is 2.71. The van der Waals surface area contributed by atoms with Gasteiger partial charge in [-0.1, -0.05) is 48.7 Å². The van der Waals surface area contributed by atoms with Crippen LogP contribution in [0.3, 0.4) is 0 Å². The predicted molar refractivity (Wildman–Crippen MR) is 84.8 cm³/mol. The maximum atomic E-state index is 12.5. The lowest BCUT2D eigenvalue weighted by molar-refractivity contribution is -0.152. The summed E-state index contributed by atoms with van der Waals surface area (Å²) < 4.78 is 6.11. The highest BCUT2D eigenvalue weighted by atomic mass is 79.9. The molecule has 1 saturated carbocycles. The lowest BCUT2D eigenvalue weighted by Gasteiger charge is -2.48. The van der Waals surface area contributed by atoms with E-state index < -0.39 is 5.54 Å². The van der Waals surface area contributed by atoms with E-state index in [0.29, 0.717) is 0 Å². The third-order valence-electron chi connectivity index (χ3n) is 4.48. The van der Waals surface area contributed by atoms with Gasteiger partial charge in [-0.3, -0.25) is 0 Å². The van der Waals surface area contributed by atoms with Crippen LogP contribution in [-0.4, -0.2) is 18.6 Å². The summed E-state index contributed by atoms with van der Waals surface area (Å²) in [5.74, 6) is -0.165. The quantitative estimate of drug-likeness (QED) is 0.830. The highest BCUT2D eigenvalue weighted by Crippen LogP contribution is 2.46. The Kier molecular flexibility index (Phi) is 4.43. The fraction of sp³-hybridized carbons (Fsp3) is 0.562. The Bertz CT molecular complexity index is 501. The number of rotatable bonds is 3. The molecule has 110 valence electrons. The molecule has 0 bridgehead atoms. The van der Waals surface area contributed by atoms with Crippen LogP contribution >= 0.6 is 15.9 Å². The van der Waals surface area contributed by atoms with E-state index in [9.17, 15) is 4.79 Å². The van der Waals surface area contributed by atoms with Crippen molar-refractivity contribution < 1.29 is 9.53 Å². The molecule has 0 aromatic heterocycles. The highest BCUT2D eigenvalue weighted by Gasteiger charge is 2.53. The number of carbonyl (C=O) groups is 1. The molecule has 1 unspecified atom stereocenters. The zero-order valence-corrected chi connectivity index (χ0v) is 13.9. The maximum Gasteiger partial charge on any atom is 0.332 e. The molecule has 1 aliphatic carbocycles. The molecule has 1 aromatic carbocycles. The van der Waals surface area contributed by atoms with Crippen LogP contribution in [0.15, 0.2) is 28.7 Å². The average Bonchev–Trinajstić information content (AvgIpc) is 2.40. The van der Waals surface area contributed by atoms with Gasteiger partial charge in [-0.25, -0.2) is 4.79 Å². The van der Waals surface area contributed by atoms with Crippen molar-refractivity contribution >= 4 is 27.6 Å². The summed E-state index contributed by atoms with van der Waals surface area (Å²) in [6.07, 6.45) is 4.02. The Balaban J connectivity index is 2.39. The average molecular weight is 340 g/mol. The molecule has 1 N–H and O–H groups in total. The number of halogens is 1. The summed E-state index contributed by atoms with van der Waals surface area (Å²) >= 11 is 3.47. The Morgan fingerprint density at radius 1 is 1.30 bits per heavy atom. The number of nitrogens with one attached hydrogen (secondary N) is 1. The molecule has 4 heteroatoms. The topological polar surface area (TPSA) is 38.3 Å². The second-order valence-corrected chi connectivity index (χ2v) is 7.04. The van der Waals surface area contributed by atoms with Gasteiger partial charge in [0.25, 0.3) is 0 Å². The van der Waals surface area contributed by atoms with Crippen molar-refractivity contribution in [1.29, 1.82) is 0 Å². The molecule has 3 nitrogen and oxygen atoms in total. The fourth-order valence-electron chi connectivity index (χ4n) is 3.16. The van der Waals surface area contributed by atoms with E-state index >= 15 is 0 Å². The van der Waals surface area contributed by atoms with Crippen molar-refractivity contribution in [2.75, 3.05) is 12.4 Å². The maximum absolute atomic E-state index is 12.5. The molecule has 0 amide bonds. The van der Waals surface area contributed by atoms with E-state index in [1.54, 1.807) is 0 Å². The second kappa shape index (κ2) is 5.76. The van der Waals surface area contributed by atoms with Gasteiger partial charge in [0.15, 0.2) is 0 Å². The van der Waals surface area contributed by atoms with E-state index in [-0.39, 0.29) is 11.4 Å². The molecule has 1 atom stereocenters. The zero-order chi connectivity index (χ0) is 14.8. The van der Waals surface area contributed by atoms with Crippen molar-refractivity contribution in [2.45, 2.75) is 45.1 Å². The number of esters is 1. The SMILES string of the molecule is COC(=O)C1(Nc2cccc(Br)c2)CCCCC1(C)C. The van der Waals surface area contributed by atoms with Crippen molar-refractivity contribution in [2.24, 2.45) is 5.41 Å². The van der Waals surface area contributed by atoms with E-state index in [2.05, 4.69) is 35.1 Å². The second-order valence-electron chi connectivity index (χ2n) is 6.12. The minimum Gasteiger partial charge on any atom is -0.467 e. The minimum absolute atomic E-state index is 0.138. The molecule has 1 aromatic rings. The number of benzene rings is 1. The largest absolute Gasteiger partial charge is 0.467 e. The van der Waals surface area contributed by atoms with Crippen LogP contribution in [0, 0.1) is 5.41 Å². The lowest BCUT2D eigenvalue weighted by Crippen LogP contribution is -2.59. The van der Waals surface area contributed by atoms with Crippen LogP contribution in [0.1, 0.15) is 39.5 Å². The molecule has 20 heavy (non-hydrogen) atoms. The van der Waals surface area contributed by atoms with E-state index in [4.69, 9.17) is 4.74 Å². The first-order valence-corrected chi connectivity index (χ1v) is 7.83. The van der Waals surface area contributed by atoms with Crippen molar-refractivity contribution in [1.82, 2.24) is 0 Å². The molecular formula is C16H22BrNO2. The zero-order valence-electron chi connectivity index (χ0n) is 12.3. The fourth-order valence-corrected chi connectivity index (χ4v) is 3.56. The minimum atomic E-state index is -0.652. The number of methoxy groups -OCH3 is 1. The lowest BCUT2D eigenvalue weighted by atomic mass is 9.63.